The van der Waals surface area contributed by atoms with Gasteiger partial charge >= 0.3 is 5.97 Å². The fourth-order valence-electron chi connectivity index (χ4n) is 3.19. The summed E-state index contributed by atoms with van der Waals surface area (Å²) >= 11 is 1.45. The molecule has 0 fully saturated rings. The number of ether oxygens (including phenoxy) is 1. The molecule has 2 aromatic carbocycles. The van der Waals surface area contributed by atoms with Crippen molar-refractivity contribution in [2.24, 2.45) is 0 Å². The van der Waals surface area contributed by atoms with E-state index in [9.17, 15) is 14.0 Å². The van der Waals surface area contributed by atoms with Crippen LogP contribution >= 0.6 is 11.8 Å². The number of thioether (sulfide) groups is 1. The van der Waals surface area contributed by atoms with Gasteiger partial charge in [-0.25, -0.2) is 4.39 Å². The summed E-state index contributed by atoms with van der Waals surface area (Å²) in [4.78, 5) is 27.5. The number of carbonyl (C=O) groups is 2. The summed E-state index contributed by atoms with van der Waals surface area (Å²) in [6.45, 7) is 3.60. The van der Waals surface area contributed by atoms with Crippen LogP contribution in [0.25, 0.3) is 0 Å². The lowest BCUT2D eigenvalue weighted by Crippen LogP contribution is -2.43. The largest absolute Gasteiger partial charge is 0.452 e. The number of hydrogen-bond acceptors (Lipinski definition) is 4. The molecular formula is C21H22FNO3S. The Bertz CT molecular complexity index is 824. The van der Waals surface area contributed by atoms with Crippen LogP contribution in [0.4, 0.5) is 10.1 Å². The number of hydrogen-bond donors (Lipinski definition) is 0. The maximum Gasteiger partial charge on any atom is 0.307 e. The molecule has 6 heteroatoms. The van der Waals surface area contributed by atoms with Gasteiger partial charge in [0.2, 0.25) is 0 Å². The highest BCUT2D eigenvalue weighted by Crippen LogP contribution is 2.32. The molecule has 1 amide bonds. The third kappa shape index (κ3) is 4.69. The first-order valence-corrected chi connectivity index (χ1v) is 9.93. The van der Waals surface area contributed by atoms with Gasteiger partial charge in [0.15, 0.2) is 6.10 Å². The van der Waals surface area contributed by atoms with Crippen LogP contribution in [0, 0.1) is 5.82 Å². The summed E-state index contributed by atoms with van der Waals surface area (Å²) in [6, 6.07) is 14.0. The monoisotopic (exact) mass is 387 g/mol. The smallest absolute Gasteiger partial charge is 0.307 e. The van der Waals surface area contributed by atoms with Crippen LogP contribution in [0.1, 0.15) is 25.8 Å². The van der Waals surface area contributed by atoms with Crippen LogP contribution in [0.2, 0.25) is 0 Å². The molecule has 3 rings (SSSR count). The molecule has 0 spiro atoms. The van der Waals surface area contributed by atoms with Gasteiger partial charge in [-0.3, -0.25) is 9.59 Å². The van der Waals surface area contributed by atoms with E-state index in [0.717, 1.165) is 22.6 Å². The zero-order valence-corrected chi connectivity index (χ0v) is 16.2. The highest BCUT2D eigenvalue weighted by molar-refractivity contribution is 7.99. The fourth-order valence-corrected chi connectivity index (χ4v) is 4.02. The molecule has 0 radical (unpaired) electrons. The summed E-state index contributed by atoms with van der Waals surface area (Å²) < 4.78 is 18.2. The normalized spacial score (nSPS) is 16.7. The molecule has 1 aliphatic heterocycles. The fraction of sp³-hybridized carbons (Fsp3) is 0.333. The van der Waals surface area contributed by atoms with Gasteiger partial charge < -0.3 is 9.64 Å². The van der Waals surface area contributed by atoms with Crippen molar-refractivity contribution >= 4 is 29.3 Å². The third-order valence-corrected chi connectivity index (χ3v) is 5.50. The lowest BCUT2D eigenvalue weighted by atomic mass is 10.1. The van der Waals surface area contributed by atoms with E-state index in [0.29, 0.717) is 5.75 Å². The maximum absolute atomic E-state index is 12.9. The number of carbonyl (C=O) groups excluding carboxylic acids is 2. The molecule has 1 aliphatic rings. The Morgan fingerprint density at radius 2 is 1.93 bits per heavy atom. The molecule has 0 saturated carbocycles. The molecule has 0 bridgehead atoms. The number of anilines is 1. The number of nitrogens with zero attached hydrogens (tertiary/aromatic N) is 1. The van der Waals surface area contributed by atoms with Gasteiger partial charge in [-0.2, -0.15) is 0 Å². The minimum atomic E-state index is -0.832. The molecule has 2 aromatic rings. The van der Waals surface area contributed by atoms with Crippen molar-refractivity contribution in [3.8, 4) is 0 Å². The number of para-hydroxylation sites is 1. The third-order valence-electron chi connectivity index (χ3n) is 4.49. The number of rotatable bonds is 6. The Labute approximate surface area is 162 Å². The van der Waals surface area contributed by atoms with Crippen molar-refractivity contribution in [1.82, 2.24) is 0 Å². The second-order valence-corrected chi connectivity index (χ2v) is 7.74. The summed E-state index contributed by atoms with van der Waals surface area (Å²) in [5.41, 5.74) is 2.03. The van der Waals surface area contributed by atoms with Crippen LogP contribution < -0.4 is 4.90 Å². The molecule has 4 nitrogen and oxygen atoms in total. The van der Waals surface area contributed by atoms with Gasteiger partial charge in [-0.05, 0) is 56.2 Å². The summed E-state index contributed by atoms with van der Waals surface area (Å²) in [7, 11) is 0. The lowest BCUT2D eigenvalue weighted by molar-refractivity contribution is -0.153. The molecule has 0 aliphatic carbocycles. The summed E-state index contributed by atoms with van der Waals surface area (Å²) in [5.74, 6) is -0.393. The highest BCUT2D eigenvalue weighted by atomic mass is 32.2. The molecule has 1 heterocycles. The van der Waals surface area contributed by atoms with Gasteiger partial charge in [0.1, 0.15) is 5.82 Å². The standard InChI is InChI=1S/C21H22FNO3S/c1-14-13-16-5-3-4-6-19(16)23(14)21(25)15(2)26-20(24)11-12-27-18-9-7-17(22)8-10-18/h3-10,14-15H,11-13H2,1-2H3/t14-,15-/m0/s1. The second-order valence-electron chi connectivity index (χ2n) is 6.57. The Balaban J connectivity index is 1.50. The van der Waals surface area contributed by atoms with Crippen LogP contribution in [0.3, 0.4) is 0 Å². The predicted octanol–water partition coefficient (Wildman–Crippen LogP) is 4.22. The van der Waals surface area contributed by atoms with Crippen LogP contribution in [-0.2, 0) is 20.7 Å². The Morgan fingerprint density at radius 1 is 1.22 bits per heavy atom. The summed E-state index contributed by atoms with van der Waals surface area (Å²) in [6.07, 6.45) is 0.157. The number of benzene rings is 2. The topological polar surface area (TPSA) is 46.6 Å². The molecule has 142 valence electrons. The van der Waals surface area contributed by atoms with Crippen LogP contribution in [0.15, 0.2) is 53.4 Å². The molecule has 0 aromatic heterocycles. The first kappa shape index (κ1) is 19.4. The van der Waals surface area contributed by atoms with Crippen molar-refractivity contribution in [2.45, 2.75) is 43.7 Å². The number of esters is 1. The molecular weight excluding hydrogens is 365 g/mol. The van der Waals surface area contributed by atoms with E-state index in [1.807, 2.05) is 31.2 Å². The first-order chi connectivity index (χ1) is 13.0. The maximum atomic E-state index is 12.9. The van der Waals surface area contributed by atoms with E-state index < -0.39 is 12.1 Å². The average molecular weight is 387 g/mol. The average Bonchev–Trinajstić information content (AvgIpc) is 2.98. The van der Waals surface area contributed by atoms with E-state index >= 15 is 0 Å². The van der Waals surface area contributed by atoms with Crippen molar-refractivity contribution in [2.75, 3.05) is 10.7 Å². The minimum Gasteiger partial charge on any atom is -0.452 e. The molecule has 0 N–H and O–H groups in total. The minimum absolute atomic E-state index is 0.0464. The van der Waals surface area contributed by atoms with Crippen LogP contribution in [0.5, 0.6) is 0 Å². The van der Waals surface area contributed by atoms with Crippen LogP contribution in [-0.4, -0.2) is 29.8 Å². The number of fused-ring (bicyclic) bond motifs is 1. The Morgan fingerprint density at radius 3 is 2.67 bits per heavy atom. The van der Waals surface area contributed by atoms with Crippen molar-refractivity contribution < 1.29 is 18.7 Å². The number of halogens is 1. The van der Waals surface area contributed by atoms with E-state index in [1.165, 1.54) is 23.9 Å². The van der Waals surface area contributed by atoms with Crippen molar-refractivity contribution in [3.05, 3.63) is 59.9 Å². The molecule has 27 heavy (non-hydrogen) atoms. The van der Waals surface area contributed by atoms with E-state index in [-0.39, 0.29) is 24.2 Å². The SMILES string of the molecule is C[C@H](OC(=O)CCSc1ccc(F)cc1)C(=O)N1c2ccccc2C[C@@H]1C. The van der Waals surface area contributed by atoms with E-state index in [1.54, 1.807) is 24.0 Å². The van der Waals surface area contributed by atoms with Gasteiger partial charge in [-0.1, -0.05) is 18.2 Å². The van der Waals surface area contributed by atoms with E-state index in [4.69, 9.17) is 4.74 Å². The van der Waals surface area contributed by atoms with Gasteiger partial charge in [0.25, 0.3) is 5.91 Å². The number of amides is 1. The highest BCUT2D eigenvalue weighted by Gasteiger charge is 2.34. The molecule has 0 unspecified atom stereocenters. The Hall–Kier alpha value is -2.34. The Kier molecular flexibility index (Phi) is 6.16. The zero-order valence-electron chi connectivity index (χ0n) is 15.4. The quantitative estimate of drug-likeness (QED) is 0.550. The van der Waals surface area contributed by atoms with Crippen molar-refractivity contribution in [1.29, 1.82) is 0 Å². The predicted molar refractivity (Wildman–Crippen MR) is 104 cm³/mol. The van der Waals surface area contributed by atoms with Crippen molar-refractivity contribution in [3.63, 3.8) is 0 Å². The summed E-state index contributed by atoms with van der Waals surface area (Å²) in [5, 5.41) is 0. The second kappa shape index (κ2) is 8.57. The zero-order chi connectivity index (χ0) is 19.4. The molecule has 0 saturated heterocycles. The van der Waals surface area contributed by atoms with Gasteiger partial charge in [-0.15, -0.1) is 11.8 Å². The lowest BCUT2D eigenvalue weighted by Gasteiger charge is -2.25. The van der Waals surface area contributed by atoms with Gasteiger partial charge in [0, 0.05) is 22.4 Å². The van der Waals surface area contributed by atoms with E-state index in [2.05, 4.69) is 0 Å². The van der Waals surface area contributed by atoms with Gasteiger partial charge in [0.05, 0.1) is 6.42 Å². The first-order valence-electron chi connectivity index (χ1n) is 8.94. The molecule has 2 atom stereocenters.